The molecule has 4 nitrogen and oxygen atoms in total. The maximum Gasteiger partial charge on any atom is 0.416 e. The van der Waals surface area contributed by atoms with E-state index in [1.54, 1.807) is 12.1 Å². The van der Waals surface area contributed by atoms with E-state index in [4.69, 9.17) is 9.47 Å². The van der Waals surface area contributed by atoms with E-state index in [9.17, 15) is 18.0 Å². The third-order valence-corrected chi connectivity index (χ3v) is 9.17. The molecule has 2 aromatic carbocycles. The van der Waals surface area contributed by atoms with Gasteiger partial charge in [-0.2, -0.15) is 13.2 Å². The molecule has 6 rings (SSSR count). The molecule has 0 spiro atoms. The van der Waals surface area contributed by atoms with Gasteiger partial charge in [-0.3, -0.25) is 4.79 Å². The maximum atomic E-state index is 14.0. The van der Waals surface area contributed by atoms with Crippen molar-refractivity contribution in [2.75, 3.05) is 0 Å². The number of fused-ring (bicyclic) bond motifs is 3. The Morgan fingerprint density at radius 3 is 2.32 bits per heavy atom. The van der Waals surface area contributed by atoms with Crippen LogP contribution >= 0.6 is 0 Å². The highest BCUT2D eigenvalue weighted by Gasteiger charge is 2.37. The van der Waals surface area contributed by atoms with Crippen LogP contribution in [0.4, 0.5) is 13.2 Å². The maximum absolute atomic E-state index is 14.0. The van der Waals surface area contributed by atoms with E-state index in [0.717, 1.165) is 62.4 Å². The first-order valence-corrected chi connectivity index (χ1v) is 15.2. The number of carbonyl (C=O) groups is 1. The molecular formula is C34H40F3NO3. The number of alkyl halides is 3. The summed E-state index contributed by atoms with van der Waals surface area (Å²) >= 11 is 0. The van der Waals surface area contributed by atoms with Crippen LogP contribution in [0.25, 0.3) is 10.9 Å². The third kappa shape index (κ3) is 5.74. The van der Waals surface area contributed by atoms with Crippen LogP contribution in [0.3, 0.4) is 0 Å². The summed E-state index contributed by atoms with van der Waals surface area (Å²) in [6.45, 7) is 6.62. The van der Waals surface area contributed by atoms with Gasteiger partial charge in [-0.15, -0.1) is 0 Å². The van der Waals surface area contributed by atoms with Gasteiger partial charge in [-0.25, -0.2) is 0 Å². The van der Waals surface area contributed by atoms with Gasteiger partial charge in [0, 0.05) is 29.1 Å². The van der Waals surface area contributed by atoms with Gasteiger partial charge in [-0.1, -0.05) is 31.4 Å². The predicted molar refractivity (Wildman–Crippen MR) is 153 cm³/mol. The van der Waals surface area contributed by atoms with Gasteiger partial charge in [0.2, 0.25) is 0 Å². The highest BCUT2D eigenvalue weighted by Crippen LogP contribution is 2.49. The van der Waals surface area contributed by atoms with E-state index < -0.39 is 17.3 Å². The van der Waals surface area contributed by atoms with Crippen molar-refractivity contribution in [3.05, 3.63) is 64.3 Å². The summed E-state index contributed by atoms with van der Waals surface area (Å²) in [4.78, 5) is 12.7. The van der Waals surface area contributed by atoms with Gasteiger partial charge in [0.25, 0.3) is 0 Å². The average Bonchev–Trinajstić information content (AvgIpc) is 3.59. The van der Waals surface area contributed by atoms with Crippen LogP contribution in [0.1, 0.15) is 124 Å². The fourth-order valence-corrected chi connectivity index (χ4v) is 7.18. The van der Waals surface area contributed by atoms with Crippen molar-refractivity contribution in [2.45, 2.75) is 121 Å². The average molecular weight is 568 g/mol. The summed E-state index contributed by atoms with van der Waals surface area (Å²) in [7, 11) is 0. The smallest absolute Gasteiger partial charge is 0.416 e. The molecule has 3 aromatic rings. The molecular weight excluding hydrogens is 527 g/mol. The van der Waals surface area contributed by atoms with Crippen molar-refractivity contribution in [1.29, 1.82) is 0 Å². The molecule has 0 saturated heterocycles. The van der Waals surface area contributed by atoms with Crippen LogP contribution in [0.15, 0.2) is 36.4 Å². The number of carbonyl (C=O) groups excluding carboxylic acids is 1. The Morgan fingerprint density at radius 1 is 0.927 bits per heavy atom. The number of esters is 1. The van der Waals surface area contributed by atoms with E-state index in [2.05, 4.69) is 16.7 Å². The van der Waals surface area contributed by atoms with Crippen molar-refractivity contribution in [1.82, 2.24) is 4.57 Å². The Labute approximate surface area is 240 Å². The molecule has 7 heteroatoms. The first-order valence-electron chi connectivity index (χ1n) is 15.2. The van der Waals surface area contributed by atoms with Gasteiger partial charge < -0.3 is 14.0 Å². The number of ether oxygens (including phenoxy) is 2. The lowest BCUT2D eigenvalue weighted by Crippen LogP contribution is -2.25. The van der Waals surface area contributed by atoms with Crippen LogP contribution in [0.2, 0.25) is 0 Å². The molecule has 1 atom stereocenters. The van der Waals surface area contributed by atoms with Crippen molar-refractivity contribution in [3.8, 4) is 5.75 Å². The Balaban J connectivity index is 1.26. The number of aromatic nitrogens is 1. The minimum absolute atomic E-state index is 0.00938. The van der Waals surface area contributed by atoms with E-state index in [-0.39, 0.29) is 24.4 Å². The van der Waals surface area contributed by atoms with Crippen LogP contribution in [-0.2, 0) is 28.9 Å². The third-order valence-electron chi connectivity index (χ3n) is 9.17. The topological polar surface area (TPSA) is 40.5 Å². The molecule has 1 unspecified atom stereocenters. The zero-order valence-electron chi connectivity index (χ0n) is 24.3. The number of hydrogen-bond donors (Lipinski definition) is 0. The molecule has 2 heterocycles. The zero-order valence-corrected chi connectivity index (χ0v) is 24.3. The molecule has 3 aliphatic rings. The summed E-state index contributed by atoms with van der Waals surface area (Å²) in [6.07, 6.45) is 3.98. The predicted octanol–water partition coefficient (Wildman–Crippen LogP) is 9.38. The highest BCUT2D eigenvalue weighted by atomic mass is 19.4. The van der Waals surface area contributed by atoms with E-state index in [1.165, 1.54) is 23.7 Å². The van der Waals surface area contributed by atoms with Gasteiger partial charge in [0.05, 0.1) is 12.0 Å². The standard InChI is InChI=1S/C34H40F3NO3/c1-33(2,3)41-30(39)18-24-15-16-38-29-14-12-25(19-27(29)31(32(24)38)23-9-6-10-23)40-20-21-11-13-26(22-7-4-5-8-22)28(17-21)34(35,36)37/h11-14,17,19,22-24H,4-10,15-16,18,20H2,1-3H3. The van der Waals surface area contributed by atoms with E-state index >= 15 is 0 Å². The Hall–Kier alpha value is -2.96. The lowest BCUT2D eigenvalue weighted by atomic mass is 9.77. The van der Waals surface area contributed by atoms with Gasteiger partial charge in [0.1, 0.15) is 18.0 Å². The normalized spacial score (nSPS) is 19.9. The molecule has 0 N–H and O–H groups in total. The van der Waals surface area contributed by atoms with Crippen LogP contribution < -0.4 is 4.74 Å². The summed E-state index contributed by atoms with van der Waals surface area (Å²) in [5.74, 6) is 1.06. The molecule has 2 fully saturated rings. The number of benzene rings is 2. The Bertz CT molecular complexity index is 1440. The summed E-state index contributed by atoms with van der Waals surface area (Å²) < 4.78 is 56.1. The fourth-order valence-electron chi connectivity index (χ4n) is 7.18. The monoisotopic (exact) mass is 567 g/mol. The first kappa shape index (κ1) is 28.2. The quantitative estimate of drug-likeness (QED) is 0.267. The molecule has 1 aliphatic heterocycles. The number of halogens is 3. The van der Waals surface area contributed by atoms with Gasteiger partial charge in [0.15, 0.2) is 0 Å². The van der Waals surface area contributed by atoms with Crippen LogP contribution in [0.5, 0.6) is 5.75 Å². The summed E-state index contributed by atoms with van der Waals surface area (Å²) in [6, 6.07) is 10.8. The van der Waals surface area contributed by atoms with Crippen molar-refractivity contribution in [3.63, 3.8) is 0 Å². The summed E-state index contributed by atoms with van der Waals surface area (Å²) in [5, 5.41) is 1.14. The molecule has 2 saturated carbocycles. The minimum atomic E-state index is -4.38. The molecule has 1 aromatic heterocycles. The number of nitrogens with zero attached hydrogens (tertiary/aromatic N) is 1. The minimum Gasteiger partial charge on any atom is -0.489 e. The number of hydrogen-bond acceptors (Lipinski definition) is 3. The fraction of sp³-hybridized carbons (Fsp3) is 0.559. The lowest BCUT2D eigenvalue weighted by Gasteiger charge is -2.28. The van der Waals surface area contributed by atoms with Crippen LogP contribution in [-0.4, -0.2) is 16.1 Å². The molecule has 0 bridgehead atoms. The van der Waals surface area contributed by atoms with Gasteiger partial charge in [-0.05, 0) is 106 Å². The lowest BCUT2D eigenvalue weighted by molar-refractivity contribution is -0.155. The molecule has 41 heavy (non-hydrogen) atoms. The zero-order chi connectivity index (χ0) is 28.9. The van der Waals surface area contributed by atoms with E-state index in [0.29, 0.717) is 29.2 Å². The second-order valence-electron chi connectivity index (χ2n) is 13.2. The summed E-state index contributed by atoms with van der Waals surface area (Å²) in [5.41, 5.74) is 3.63. The second kappa shape index (κ2) is 10.7. The van der Waals surface area contributed by atoms with E-state index in [1.807, 2.05) is 26.8 Å². The number of rotatable bonds is 7. The molecule has 2 aliphatic carbocycles. The number of aryl methyl sites for hydroxylation is 1. The second-order valence-corrected chi connectivity index (χ2v) is 13.2. The Morgan fingerprint density at radius 2 is 1.66 bits per heavy atom. The van der Waals surface area contributed by atoms with Crippen LogP contribution in [0, 0.1) is 0 Å². The largest absolute Gasteiger partial charge is 0.489 e. The van der Waals surface area contributed by atoms with Crippen molar-refractivity contribution in [2.24, 2.45) is 0 Å². The Kier molecular flexibility index (Phi) is 7.36. The molecule has 220 valence electrons. The molecule has 0 radical (unpaired) electrons. The van der Waals surface area contributed by atoms with Crippen molar-refractivity contribution >= 4 is 16.9 Å². The molecule has 0 amide bonds. The van der Waals surface area contributed by atoms with Gasteiger partial charge >= 0.3 is 12.1 Å². The SMILES string of the molecule is CC(C)(C)OC(=O)CC1CCn2c1c(C1CCC1)c1cc(OCc3ccc(C4CCCC4)c(C(F)(F)F)c3)ccc12. The first-order chi connectivity index (χ1) is 19.5. The van der Waals surface area contributed by atoms with Crippen molar-refractivity contribution < 1.29 is 27.4 Å². The highest BCUT2D eigenvalue weighted by molar-refractivity contribution is 5.88.